The standard InChI is InChI=1S/C27H30F4N6O2S/c1-16-17(2)24(34-33-21(16)18-4-6-19(28)7-5-18)36-10-8-20(9-11-36)35(3)25(38)22-23(27(29,30)31)32-26(40-22)37-12-14-39-15-13-37/h4-7,20H,8-15H2,1-3H3. The van der Waals surface area contributed by atoms with Crippen LogP contribution in [0.2, 0.25) is 0 Å². The molecule has 0 atom stereocenters. The molecule has 2 fully saturated rings. The normalized spacial score (nSPS) is 16.9. The van der Waals surface area contributed by atoms with E-state index in [-0.39, 0.29) is 21.9 Å². The highest BCUT2D eigenvalue weighted by molar-refractivity contribution is 7.17. The summed E-state index contributed by atoms with van der Waals surface area (Å²) in [5.74, 6) is -0.262. The summed E-state index contributed by atoms with van der Waals surface area (Å²) in [5, 5.41) is 9.05. The van der Waals surface area contributed by atoms with Gasteiger partial charge in [0.1, 0.15) is 10.7 Å². The van der Waals surface area contributed by atoms with E-state index in [0.29, 0.717) is 57.9 Å². The average molecular weight is 579 g/mol. The second-order valence-corrected chi connectivity index (χ2v) is 11.0. The first kappa shape index (κ1) is 28.2. The van der Waals surface area contributed by atoms with E-state index in [1.165, 1.54) is 17.0 Å². The summed E-state index contributed by atoms with van der Waals surface area (Å²) in [6, 6.07) is 5.87. The molecule has 0 aliphatic carbocycles. The maximum atomic E-state index is 13.9. The van der Waals surface area contributed by atoms with Gasteiger partial charge in [0.05, 0.1) is 18.9 Å². The smallest absolute Gasteiger partial charge is 0.378 e. The van der Waals surface area contributed by atoms with Crippen molar-refractivity contribution in [2.75, 3.05) is 56.2 Å². The first-order valence-corrected chi connectivity index (χ1v) is 13.9. The minimum atomic E-state index is -4.73. The molecule has 3 aromatic rings. The number of hydrogen-bond donors (Lipinski definition) is 0. The van der Waals surface area contributed by atoms with Crippen LogP contribution in [0.5, 0.6) is 0 Å². The predicted octanol–water partition coefficient (Wildman–Crippen LogP) is 4.95. The second-order valence-electron chi connectivity index (χ2n) is 10.0. The van der Waals surface area contributed by atoms with Gasteiger partial charge in [0.25, 0.3) is 5.91 Å². The molecule has 2 aliphatic heterocycles. The van der Waals surface area contributed by atoms with Gasteiger partial charge in [-0.15, -0.1) is 10.2 Å². The zero-order valence-corrected chi connectivity index (χ0v) is 23.3. The lowest BCUT2D eigenvalue weighted by Gasteiger charge is -2.37. The van der Waals surface area contributed by atoms with Crippen molar-refractivity contribution in [3.05, 3.63) is 51.8 Å². The number of morpholine rings is 1. The zero-order chi connectivity index (χ0) is 28.6. The van der Waals surface area contributed by atoms with E-state index >= 15 is 0 Å². The molecule has 40 heavy (non-hydrogen) atoms. The van der Waals surface area contributed by atoms with Crippen molar-refractivity contribution in [1.29, 1.82) is 0 Å². The van der Waals surface area contributed by atoms with Crippen LogP contribution in [0, 0.1) is 19.7 Å². The molecular weight excluding hydrogens is 548 g/mol. The Hall–Kier alpha value is -3.32. The number of piperidine rings is 1. The number of aromatic nitrogens is 3. The van der Waals surface area contributed by atoms with Gasteiger partial charge in [0.2, 0.25) is 0 Å². The lowest BCUT2D eigenvalue weighted by molar-refractivity contribution is -0.141. The molecule has 0 N–H and O–H groups in total. The Morgan fingerprint density at radius 1 is 1.00 bits per heavy atom. The maximum Gasteiger partial charge on any atom is 0.435 e. The van der Waals surface area contributed by atoms with Gasteiger partial charge in [-0.05, 0) is 62.1 Å². The van der Waals surface area contributed by atoms with Crippen LogP contribution < -0.4 is 9.80 Å². The molecule has 214 valence electrons. The largest absolute Gasteiger partial charge is 0.435 e. The third-order valence-corrected chi connectivity index (χ3v) is 8.71. The molecule has 5 rings (SSSR count). The Kier molecular flexibility index (Phi) is 7.96. The fourth-order valence-corrected chi connectivity index (χ4v) is 6.22. The van der Waals surface area contributed by atoms with Crippen LogP contribution in [0.4, 0.5) is 28.5 Å². The molecule has 2 aromatic heterocycles. The van der Waals surface area contributed by atoms with Crippen molar-refractivity contribution in [3.8, 4) is 11.3 Å². The van der Waals surface area contributed by atoms with E-state index in [1.807, 2.05) is 13.8 Å². The highest BCUT2D eigenvalue weighted by Crippen LogP contribution is 2.39. The lowest BCUT2D eigenvalue weighted by Crippen LogP contribution is -2.46. The van der Waals surface area contributed by atoms with E-state index in [9.17, 15) is 22.4 Å². The van der Waals surface area contributed by atoms with Crippen molar-refractivity contribution in [2.24, 2.45) is 0 Å². The highest BCUT2D eigenvalue weighted by atomic mass is 32.1. The van der Waals surface area contributed by atoms with E-state index < -0.39 is 17.8 Å². The molecule has 0 radical (unpaired) electrons. The van der Waals surface area contributed by atoms with Crippen LogP contribution in [-0.4, -0.2) is 78.5 Å². The van der Waals surface area contributed by atoms with Crippen LogP contribution in [0.25, 0.3) is 11.3 Å². The SMILES string of the molecule is Cc1c(-c2ccc(F)cc2)nnc(N2CCC(N(C)C(=O)c3sc(N4CCOCC4)nc3C(F)(F)F)CC2)c1C. The number of carbonyl (C=O) groups excluding carboxylic acids is 1. The van der Waals surface area contributed by atoms with E-state index in [1.54, 1.807) is 24.1 Å². The predicted molar refractivity (Wildman–Crippen MR) is 144 cm³/mol. The Labute approximate surface area is 233 Å². The van der Waals surface area contributed by atoms with Crippen molar-refractivity contribution in [1.82, 2.24) is 20.1 Å². The Bertz CT molecular complexity index is 1370. The van der Waals surface area contributed by atoms with Crippen LogP contribution >= 0.6 is 11.3 Å². The molecule has 2 saturated heterocycles. The van der Waals surface area contributed by atoms with Gasteiger partial charge >= 0.3 is 6.18 Å². The molecule has 0 spiro atoms. The highest BCUT2D eigenvalue weighted by Gasteiger charge is 2.42. The van der Waals surface area contributed by atoms with Gasteiger partial charge in [-0.2, -0.15) is 13.2 Å². The quantitative estimate of drug-likeness (QED) is 0.397. The van der Waals surface area contributed by atoms with Crippen molar-refractivity contribution >= 4 is 28.2 Å². The minimum absolute atomic E-state index is 0.190. The number of amides is 1. The molecule has 4 heterocycles. The van der Waals surface area contributed by atoms with E-state index in [4.69, 9.17) is 4.74 Å². The third-order valence-electron chi connectivity index (χ3n) is 7.61. The molecule has 13 heteroatoms. The van der Waals surface area contributed by atoms with Gasteiger partial charge in [0, 0.05) is 44.8 Å². The van der Waals surface area contributed by atoms with Crippen molar-refractivity contribution in [3.63, 3.8) is 0 Å². The number of ether oxygens (including phenoxy) is 1. The molecule has 1 aromatic carbocycles. The fraction of sp³-hybridized carbons (Fsp3) is 0.481. The third kappa shape index (κ3) is 5.62. The molecule has 2 aliphatic rings. The first-order valence-electron chi connectivity index (χ1n) is 13.1. The van der Waals surface area contributed by atoms with Crippen molar-refractivity contribution < 1.29 is 27.1 Å². The second kappa shape index (κ2) is 11.3. The molecular formula is C27H30F4N6O2S. The monoisotopic (exact) mass is 578 g/mol. The number of halogens is 4. The summed E-state index contributed by atoms with van der Waals surface area (Å²) in [6.07, 6.45) is -3.60. The van der Waals surface area contributed by atoms with Crippen LogP contribution in [0.3, 0.4) is 0 Å². The molecule has 0 unspecified atom stereocenters. The summed E-state index contributed by atoms with van der Waals surface area (Å²) in [7, 11) is 1.56. The van der Waals surface area contributed by atoms with Crippen molar-refractivity contribution in [2.45, 2.75) is 38.9 Å². The van der Waals surface area contributed by atoms with Gasteiger partial charge in [0.15, 0.2) is 16.6 Å². The molecule has 8 nitrogen and oxygen atoms in total. The first-order chi connectivity index (χ1) is 19.0. The fourth-order valence-electron chi connectivity index (χ4n) is 5.10. The van der Waals surface area contributed by atoms with Crippen LogP contribution in [0.1, 0.15) is 39.3 Å². The Morgan fingerprint density at radius 2 is 1.65 bits per heavy atom. The van der Waals surface area contributed by atoms with Crippen LogP contribution in [-0.2, 0) is 10.9 Å². The van der Waals surface area contributed by atoms with Crippen LogP contribution in [0.15, 0.2) is 24.3 Å². The van der Waals surface area contributed by atoms with Gasteiger partial charge in [-0.1, -0.05) is 11.3 Å². The number of hydrogen-bond acceptors (Lipinski definition) is 8. The Morgan fingerprint density at radius 3 is 2.27 bits per heavy atom. The molecule has 1 amide bonds. The number of carbonyl (C=O) groups is 1. The van der Waals surface area contributed by atoms with E-state index in [2.05, 4.69) is 20.1 Å². The van der Waals surface area contributed by atoms with Gasteiger partial charge in [-0.3, -0.25) is 4.79 Å². The summed E-state index contributed by atoms with van der Waals surface area (Å²) >= 11 is 0.793. The number of alkyl halides is 3. The van der Waals surface area contributed by atoms with Gasteiger partial charge < -0.3 is 19.4 Å². The number of nitrogens with zero attached hydrogens (tertiary/aromatic N) is 6. The Balaban J connectivity index is 1.29. The zero-order valence-electron chi connectivity index (χ0n) is 22.5. The molecule has 0 saturated carbocycles. The molecule has 0 bridgehead atoms. The number of anilines is 2. The number of benzene rings is 1. The number of rotatable bonds is 5. The minimum Gasteiger partial charge on any atom is -0.378 e. The topological polar surface area (TPSA) is 74.7 Å². The van der Waals surface area contributed by atoms with E-state index in [0.717, 1.165) is 33.8 Å². The average Bonchev–Trinajstić information content (AvgIpc) is 3.42. The summed E-state index contributed by atoms with van der Waals surface area (Å²) in [4.78, 5) is 22.0. The lowest BCUT2D eigenvalue weighted by atomic mass is 10.0. The summed E-state index contributed by atoms with van der Waals surface area (Å²) in [5.41, 5.74) is 2.22. The summed E-state index contributed by atoms with van der Waals surface area (Å²) < 4.78 is 60.2. The number of thiazole rings is 1. The maximum absolute atomic E-state index is 13.9. The van der Waals surface area contributed by atoms with Gasteiger partial charge in [-0.25, -0.2) is 9.37 Å². The summed E-state index contributed by atoms with van der Waals surface area (Å²) in [6.45, 7) is 6.72.